The third-order valence-electron chi connectivity index (χ3n) is 4.87. The Morgan fingerprint density at radius 2 is 2.07 bits per heavy atom. The fourth-order valence-corrected chi connectivity index (χ4v) is 4.25. The van der Waals surface area contributed by atoms with E-state index >= 15 is 0 Å². The molecule has 1 N–H and O–H groups in total. The van der Waals surface area contributed by atoms with Crippen molar-refractivity contribution in [3.8, 4) is 0 Å². The molecule has 0 unspecified atom stereocenters. The zero-order valence-corrected chi connectivity index (χ0v) is 17.0. The lowest BCUT2D eigenvalue weighted by atomic mass is 9.83. The number of anilines is 1. The van der Waals surface area contributed by atoms with Gasteiger partial charge in [0.15, 0.2) is 10.9 Å². The van der Waals surface area contributed by atoms with Crippen molar-refractivity contribution in [2.75, 3.05) is 17.7 Å². The average molecular weight is 384 g/mol. The second kappa shape index (κ2) is 7.72. The standard InChI is InChI=1S/C21H25N3O2S/c1-5-8-14-11-19(26)23-20(22-14)27-13-15(25)12-18-21(2,3)16-9-6-7-10-17(16)24(18)4/h6-7,9-12H,5,8,13H2,1-4H3,(H,22,23,26)/b18-12+. The molecule has 1 aromatic heterocycles. The Bertz CT molecular complexity index is 946. The van der Waals surface area contributed by atoms with Crippen LogP contribution in [0.4, 0.5) is 5.69 Å². The smallest absolute Gasteiger partial charge is 0.251 e. The van der Waals surface area contributed by atoms with E-state index in [0.717, 1.165) is 29.9 Å². The van der Waals surface area contributed by atoms with E-state index in [4.69, 9.17) is 0 Å². The highest BCUT2D eigenvalue weighted by Gasteiger charge is 2.38. The Labute approximate surface area is 163 Å². The first-order valence-electron chi connectivity index (χ1n) is 9.14. The summed E-state index contributed by atoms with van der Waals surface area (Å²) in [6, 6.07) is 9.74. The van der Waals surface area contributed by atoms with Gasteiger partial charge in [0, 0.05) is 41.7 Å². The van der Waals surface area contributed by atoms with Gasteiger partial charge in [-0.25, -0.2) is 4.98 Å². The Morgan fingerprint density at radius 1 is 1.33 bits per heavy atom. The minimum absolute atomic E-state index is 0.00581. The zero-order chi connectivity index (χ0) is 19.6. The summed E-state index contributed by atoms with van der Waals surface area (Å²) < 4.78 is 0. The summed E-state index contributed by atoms with van der Waals surface area (Å²) in [5.74, 6) is 0.244. The van der Waals surface area contributed by atoms with Gasteiger partial charge in [-0.15, -0.1) is 0 Å². The Kier molecular flexibility index (Phi) is 5.56. The molecule has 1 aliphatic rings. The first-order chi connectivity index (χ1) is 12.8. The van der Waals surface area contributed by atoms with Gasteiger partial charge < -0.3 is 9.88 Å². The highest BCUT2D eigenvalue weighted by atomic mass is 32.2. The maximum atomic E-state index is 12.6. The van der Waals surface area contributed by atoms with Crippen LogP contribution < -0.4 is 10.5 Å². The van der Waals surface area contributed by atoms with Crippen LogP contribution >= 0.6 is 11.8 Å². The number of fused-ring (bicyclic) bond motifs is 1. The summed E-state index contributed by atoms with van der Waals surface area (Å²) >= 11 is 1.27. The zero-order valence-electron chi connectivity index (χ0n) is 16.2. The topological polar surface area (TPSA) is 66.1 Å². The predicted molar refractivity (Wildman–Crippen MR) is 111 cm³/mol. The monoisotopic (exact) mass is 383 g/mol. The van der Waals surface area contributed by atoms with Crippen molar-refractivity contribution in [1.29, 1.82) is 0 Å². The van der Waals surface area contributed by atoms with E-state index in [0.29, 0.717) is 5.16 Å². The summed E-state index contributed by atoms with van der Waals surface area (Å²) in [6.45, 7) is 6.31. The quantitative estimate of drug-likeness (QED) is 0.468. The number of hydrogen-bond acceptors (Lipinski definition) is 5. The molecule has 0 aliphatic carbocycles. The first kappa shape index (κ1) is 19.4. The van der Waals surface area contributed by atoms with Crippen molar-refractivity contribution in [2.24, 2.45) is 0 Å². The number of hydrogen-bond donors (Lipinski definition) is 1. The minimum Gasteiger partial charge on any atom is -0.347 e. The number of allylic oxidation sites excluding steroid dienone is 2. The first-order valence-corrected chi connectivity index (χ1v) is 10.1. The number of aromatic amines is 1. The van der Waals surface area contributed by atoms with E-state index in [9.17, 15) is 9.59 Å². The largest absolute Gasteiger partial charge is 0.347 e. The van der Waals surface area contributed by atoms with Crippen LogP contribution in [0.25, 0.3) is 0 Å². The number of benzene rings is 1. The molecule has 0 fully saturated rings. The molecule has 0 saturated heterocycles. The molecule has 2 heterocycles. The van der Waals surface area contributed by atoms with Gasteiger partial charge >= 0.3 is 0 Å². The third-order valence-corrected chi connectivity index (χ3v) is 5.76. The molecule has 2 aromatic rings. The molecule has 3 rings (SSSR count). The number of aryl methyl sites for hydroxylation is 1. The lowest BCUT2D eigenvalue weighted by Crippen LogP contribution is -2.24. The van der Waals surface area contributed by atoms with Crippen LogP contribution in [0.5, 0.6) is 0 Å². The number of carbonyl (C=O) groups excluding carboxylic acids is 1. The molecular formula is C21H25N3O2S. The summed E-state index contributed by atoms with van der Waals surface area (Å²) in [5, 5.41) is 0.500. The van der Waals surface area contributed by atoms with Crippen molar-refractivity contribution in [3.63, 3.8) is 0 Å². The SMILES string of the molecule is CCCc1cc(=O)[nH]c(SCC(=O)/C=C2/N(C)c3ccccc3C2(C)C)n1. The molecule has 0 bridgehead atoms. The van der Waals surface area contributed by atoms with Crippen LogP contribution in [0.1, 0.15) is 38.4 Å². The van der Waals surface area contributed by atoms with Crippen LogP contribution in [0, 0.1) is 0 Å². The molecular weight excluding hydrogens is 358 g/mol. The number of carbonyl (C=O) groups is 1. The van der Waals surface area contributed by atoms with Crippen LogP contribution in [-0.2, 0) is 16.6 Å². The number of ketones is 1. The summed E-state index contributed by atoms with van der Waals surface area (Å²) in [5.41, 5.74) is 3.70. The van der Waals surface area contributed by atoms with Crippen LogP contribution in [0.2, 0.25) is 0 Å². The maximum absolute atomic E-state index is 12.6. The number of likely N-dealkylation sites (N-methyl/N-ethyl adjacent to an activating group) is 1. The number of thioether (sulfide) groups is 1. The van der Waals surface area contributed by atoms with Crippen molar-refractivity contribution in [3.05, 3.63) is 63.7 Å². The van der Waals surface area contributed by atoms with Crippen molar-refractivity contribution >= 4 is 23.2 Å². The molecule has 27 heavy (non-hydrogen) atoms. The van der Waals surface area contributed by atoms with Gasteiger partial charge in [-0.1, -0.05) is 57.2 Å². The number of H-pyrrole nitrogens is 1. The molecule has 0 spiro atoms. The molecule has 0 saturated carbocycles. The van der Waals surface area contributed by atoms with E-state index in [1.165, 1.54) is 23.4 Å². The Hall–Kier alpha value is -2.34. The Morgan fingerprint density at radius 3 is 2.78 bits per heavy atom. The van der Waals surface area contributed by atoms with Gasteiger partial charge in [0.05, 0.1) is 5.75 Å². The number of aromatic nitrogens is 2. The number of nitrogens with one attached hydrogen (secondary N) is 1. The second-order valence-electron chi connectivity index (χ2n) is 7.28. The normalized spacial score (nSPS) is 16.6. The van der Waals surface area contributed by atoms with E-state index < -0.39 is 0 Å². The fourth-order valence-electron chi connectivity index (χ4n) is 3.53. The van der Waals surface area contributed by atoms with Crippen molar-refractivity contribution in [2.45, 2.75) is 44.2 Å². The van der Waals surface area contributed by atoms with Crippen molar-refractivity contribution in [1.82, 2.24) is 9.97 Å². The summed E-state index contributed by atoms with van der Waals surface area (Å²) in [7, 11) is 1.99. The number of rotatable bonds is 6. The molecule has 0 atom stereocenters. The number of para-hydroxylation sites is 1. The van der Waals surface area contributed by atoms with E-state index in [-0.39, 0.29) is 22.5 Å². The molecule has 142 valence electrons. The summed E-state index contributed by atoms with van der Waals surface area (Å²) in [6.07, 6.45) is 3.40. The molecule has 1 aromatic carbocycles. The predicted octanol–water partition coefficient (Wildman–Crippen LogP) is 3.70. The van der Waals surface area contributed by atoms with Crippen LogP contribution in [0.15, 0.2) is 52.1 Å². The van der Waals surface area contributed by atoms with Crippen LogP contribution in [-0.4, -0.2) is 28.6 Å². The minimum atomic E-state index is -0.223. The van der Waals surface area contributed by atoms with Gasteiger partial charge in [-0.05, 0) is 18.1 Å². The molecule has 6 heteroatoms. The van der Waals surface area contributed by atoms with Gasteiger partial charge in [-0.3, -0.25) is 9.59 Å². The molecule has 0 radical (unpaired) electrons. The molecule has 1 aliphatic heterocycles. The van der Waals surface area contributed by atoms with Crippen molar-refractivity contribution < 1.29 is 4.79 Å². The van der Waals surface area contributed by atoms with Gasteiger partial charge in [0.1, 0.15) is 0 Å². The second-order valence-corrected chi connectivity index (χ2v) is 8.24. The molecule has 5 nitrogen and oxygen atoms in total. The number of nitrogens with zero attached hydrogens (tertiary/aromatic N) is 2. The van der Waals surface area contributed by atoms with E-state index in [2.05, 4.69) is 40.8 Å². The Balaban J connectivity index is 1.76. The lowest BCUT2D eigenvalue weighted by molar-refractivity contribution is -0.112. The van der Waals surface area contributed by atoms with E-state index in [1.807, 2.05) is 26.1 Å². The average Bonchev–Trinajstić information content (AvgIpc) is 2.81. The summed E-state index contributed by atoms with van der Waals surface area (Å²) in [4.78, 5) is 33.6. The van der Waals surface area contributed by atoms with E-state index in [1.54, 1.807) is 6.08 Å². The van der Waals surface area contributed by atoms with Gasteiger partial charge in [-0.2, -0.15) is 0 Å². The maximum Gasteiger partial charge on any atom is 0.251 e. The highest BCUT2D eigenvalue weighted by molar-refractivity contribution is 7.99. The van der Waals surface area contributed by atoms with Gasteiger partial charge in [0.25, 0.3) is 5.56 Å². The third kappa shape index (κ3) is 4.00. The van der Waals surface area contributed by atoms with Crippen LogP contribution in [0.3, 0.4) is 0 Å². The van der Waals surface area contributed by atoms with Gasteiger partial charge in [0.2, 0.25) is 0 Å². The fraction of sp³-hybridized carbons (Fsp3) is 0.381. The molecule has 0 amide bonds. The lowest BCUT2D eigenvalue weighted by Gasteiger charge is -2.23. The highest BCUT2D eigenvalue weighted by Crippen LogP contribution is 2.46.